The number of carbonyl (C=O) groups excluding carboxylic acids is 1. The summed E-state index contributed by atoms with van der Waals surface area (Å²) in [6.45, 7) is 0.418. The van der Waals surface area contributed by atoms with E-state index >= 15 is 0 Å². The number of hydrogen-bond acceptors (Lipinski definition) is 4. The first-order valence-corrected chi connectivity index (χ1v) is 8.27. The largest absolute Gasteiger partial charge is 0.374 e. The molecule has 0 spiro atoms. The number of hydrogen-bond donors (Lipinski definition) is 1. The van der Waals surface area contributed by atoms with Crippen molar-refractivity contribution in [3.63, 3.8) is 0 Å². The number of methoxy groups -OCH3 is 1. The molecule has 0 aromatic carbocycles. The fraction of sp³-hybridized carbons (Fsp3) is 0.250. The van der Waals surface area contributed by atoms with Crippen molar-refractivity contribution in [2.75, 3.05) is 13.7 Å². The van der Waals surface area contributed by atoms with Crippen LogP contribution in [0, 0.1) is 0 Å². The van der Waals surface area contributed by atoms with E-state index in [0.717, 1.165) is 9.35 Å². The van der Waals surface area contributed by atoms with Crippen molar-refractivity contribution >= 4 is 56.1 Å². The predicted octanol–water partition coefficient (Wildman–Crippen LogP) is 4.34. The zero-order valence-electron chi connectivity index (χ0n) is 9.98. The summed E-state index contributed by atoms with van der Waals surface area (Å²) in [6.07, 6.45) is -0.176. The Labute approximate surface area is 132 Å². The Morgan fingerprint density at radius 3 is 2.89 bits per heavy atom. The summed E-state index contributed by atoms with van der Waals surface area (Å²) in [7, 11) is 1.62. The molecule has 0 aliphatic carbocycles. The molecule has 1 amide bonds. The first-order chi connectivity index (χ1) is 9.10. The molecule has 0 aliphatic rings. The second-order valence-electron chi connectivity index (χ2n) is 3.71. The van der Waals surface area contributed by atoms with Gasteiger partial charge in [0.1, 0.15) is 6.10 Å². The molecule has 1 N–H and O–H groups in total. The lowest BCUT2D eigenvalue weighted by Gasteiger charge is -2.14. The third-order valence-electron chi connectivity index (χ3n) is 2.44. The number of thiophene rings is 2. The Hall–Kier alpha value is -0.400. The normalized spacial score (nSPS) is 12.4. The Kier molecular flexibility index (Phi) is 5.41. The number of halogens is 2. The molecule has 0 radical (unpaired) electrons. The van der Waals surface area contributed by atoms with Crippen LogP contribution in [-0.4, -0.2) is 19.6 Å². The van der Waals surface area contributed by atoms with Crippen LogP contribution in [-0.2, 0) is 4.74 Å². The van der Waals surface area contributed by atoms with Crippen molar-refractivity contribution in [3.05, 3.63) is 42.1 Å². The van der Waals surface area contributed by atoms with Crippen LogP contribution in [0.3, 0.4) is 0 Å². The third-order valence-corrected chi connectivity index (χ3v) is 5.45. The summed E-state index contributed by atoms with van der Waals surface area (Å²) in [5.74, 6) is -0.0968. The minimum atomic E-state index is -0.176. The van der Waals surface area contributed by atoms with Crippen LogP contribution in [0.5, 0.6) is 0 Å². The van der Waals surface area contributed by atoms with Crippen LogP contribution in [0.15, 0.2) is 28.1 Å². The number of nitrogens with one attached hydrogen (secondary N) is 1. The Morgan fingerprint density at radius 2 is 2.37 bits per heavy atom. The van der Waals surface area contributed by atoms with Crippen LogP contribution in [0.1, 0.15) is 20.7 Å². The van der Waals surface area contributed by atoms with Gasteiger partial charge in [-0.15, -0.1) is 22.7 Å². The van der Waals surface area contributed by atoms with Crippen LogP contribution in [0.25, 0.3) is 0 Å². The Morgan fingerprint density at radius 1 is 1.58 bits per heavy atom. The van der Waals surface area contributed by atoms with Crippen LogP contribution in [0.2, 0.25) is 4.34 Å². The molecule has 102 valence electrons. The maximum absolute atomic E-state index is 11.9. The van der Waals surface area contributed by atoms with E-state index in [2.05, 4.69) is 21.2 Å². The van der Waals surface area contributed by atoms with Gasteiger partial charge in [-0.3, -0.25) is 4.79 Å². The average Bonchev–Trinajstić information content (AvgIpc) is 2.99. The van der Waals surface area contributed by atoms with E-state index in [0.29, 0.717) is 15.8 Å². The van der Waals surface area contributed by atoms with E-state index < -0.39 is 0 Å². The lowest BCUT2D eigenvalue weighted by atomic mass is 10.3. The van der Waals surface area contributed by atoms with Gasteiger partial charge in [-0.05, 0) is 34.1 Å². The average molecular weight is 381 g/mol. The van der Waals surface area contributed by atoms with Gasteiger partial charge in [-0.2, -0.15) is 0 Å². The van der Waals surface area contributed by atoms with E-state index in [1.807, 2.05) is 17.5 Å². The zero-order chi connectivity index (χ0) is 13.8. The highest BCUT2D eigenvalue weighted by atomic mass is 79.9. The van der Waals surface area contributed by atoms with Gasteiger partial charge in [0.05, 0.1) is 9.21 Å². The second kappa shape index (κ2) is 6.85. The fourth-order valence-corrected chi connectivity index (χ4v) is 3.99. The third kappa shape index (κ3) is 4.03. The molecular weight excluding hydrogens is 370 g/mol. The molecule has 0 unspecified atom stereocenters. The van der Waals surface area contributed by atoms with E-state index in [1.54, 1.807) is 13.2 Å². The maximum Gasteiger partial charge on any atom is 0.261 e. The molecule has 2 aromatic rings. The van der Waals surface area contributed by atoms with E-state index in [1.165, 1.54) is 22.7 Å². The highest BCUT2D eigenvalue weighted by molar-refractivity contribution is 9.10. The minimum Gasteiger partial charge on any atom is -0.374 e. The lowest BCUT2D eigenvalue weighted by molar-refractivity contribution is 0.0841. The minimum absolute atomic E-state index is 0.0968. The fourth-order valence-electron chi connectivity index (χ4n) is 1.51. The highest BCUT2D eigenvalue weighted by Gasteiger charge is 2.15. The molecule has 0 aliphatic heterocycles. The quantitative estimate of drug-likeness (QED) is 0.838. The number of ether oxygens (including phenoxy) is 1. The first-order valence-electron chi connectivity index (χ1n) is 5.40. The molecule has 1 atom stereocenters. The summed E-state index contributed by atoms with van der Waals surface area (Å²) in [4.78, 5) is 13.6. The van der Waals surface area contributed by atoms with Gasteiger partial charge in [-0.1, -0.05) is 11.6 Å². The van der Waals surface area contributed by atoms with E-state index in [9.17, 15) is 4.79 Å². The van der Waals surface area contributed by atoms with Crippen molar-refractivity contribution in [1.82, 2.24) is 5.32 Å². The van der Waals surface area contributed by atoms with Crippen molar-refractivity contribution < 1.29 is 9.53 Å². The SMILES string of the molecule is CO[C@@H](CNC(=O)c1cc(Br)cs1)c1ccc(Cl)s1. The first kappa shape index (κ1) is 15.0. The smallest absolute Gasteiger partial charge is 0.261 e. The van der Waals surface area contributed by atoms with Gasteiger partial charge in [0.25, 0.3) is 5.91 Å². The maximum atomic E-state index is 11.9. The summed E-state index contributed by atoms with van der Waals surface area (Å²) < 4.78 is 7.00. The van der Waals surface area contributed by atoms with Crippen LogP contribution in [0.4, 0.5) is 0 Å². The molecule has 2 heterocycles. The highest BCUT2D eigenvalue weighted by Crippen LogP contribution is 2.28. The topological polar surface area (TPSA) is 38.3 Å². The zero-order valence-corrected chi connectivity index (χ0v) is 14.0. The van der Waals surface area contributed by atoms with Crippen LogP contribution < -0.4 is 5.32 Å². The van der Waals surface area contributed by atoms with Gasteiger partial charge >= 0.3 is 0 Å². The summed E-state index contributed by atoms with van der Waals surface area (Å²) in [5, 5.41) is 4.74. The standard InChI is InChI=1S/C12H11BrClNO2S2/c1-17-8(9-2-3-11(14)19-9)5-15-12(16)10-4-7(13)6-18-10/h2-4,6,8H,5H2,1H3,(H,15,16)/t8-/m0/s1. The lowest BCUT2D eigenvalue weighted by Crippen LogP contribution is -2.28. The molecule has 0 bridgehead atoms. The summed E-state index contributed by atoms with van der Waals surface area (Å²) >= 11 is 12.1. The Balaban J connectivity index is 1.95. The molecule has 0 saturated heterocycles. The summed E-state index contributed by atoms with van der Waals surface area (Å²) in [5.41, 5.74) is 0. The molecular formula is C12H11BrClNO2S2. The number of amides is 1. The number of rotatable bonds is 5. The van der Waals surface area contributed by atoms with Gasteiger partial charge in [0, 0.05) is 28.4 Å². The molecule has 7 heteroatoms. The molecule has 0 saturated carbocycles. The molecule has 3 nitrogen and oxygen atoms in total. The van der Waals surface area contributed by atoms with Gasteiger partial charge in [-0.25, -0.2) is 0 Å². The van der Waals surface area contributed by atoms with Crippen molar-refractivity contribution in [2.24, 2.45) is 0 Å². The molecule has 2 aromatic heterocycles. The molecule has 0 fully saturated rings. The van der Waals surface area contributed by atoms with Gasteiger partial charge < -0.3 is 10.1 Å². The van der Waals surface area contributed by atoms with Crippen molar-refractivity contribution in [1.29, 1.82) is 0 Å². The second-order valence-corrected chi connectivity index (χ2v) is 7.28. The van der Waals surface area contributed by atoms with E-state index in [-0.39, 0.29) is 12.0 Å². The molecule has 2 rings (SSSR count). The van der Waals surface area contributed by atoms with Gasteiger partial charge in [0.2, 0.25) is 0 Å². The monoisotopic (exact) mass is 379 g/mol. The number of carbonyl (C=O) groups is 1. The summed E-state index contributed by atoms with van der Waals surface area (Å²) in [6, 6.07) is 5.53. The van der Waals surface area contributed by atoms with Crippen LogP contribution >= 0.6 is 50.2 Å². The van der Waals surface area contributed by atoms with Crippen molar-refractivity contribution in [3.8, 4) is 0 Å². The Bertz CT molecular complexity index is 570. The van der Waals surface area contributed by atoms with Gasteiger partial charge in [0.15, 0.2) is 0 Å². The molecule has 19 heavy (non-hydrogen) atoms. The van der Waals surface area contributed by atoms with Crippen molar-refractivity contribution in [2.45, 2.75) is 6.10 Å². The van der Waals surface area contributed by atoms with E-state index in [4.69, 9.17) is 16.3 Å². The predicted molar refractivity (Wildman–Crippen MR) is 83.4 cm³/mol.